The number of hydrazone groups is 1. The zero-order valence-corrected chi connectivity index (χ0v) is 21.3. The van der Waals surface area contributed by atoms with Crippen LogP contribution in [-0.4, -0.2) is 19.5 Å². The summed E-state index contributed by atoms with van der Waals surface area (Å²) in [5.41, 5.74) is 13.1. The molecule has 0 saturated carbocycles. The molecule has 0 aromatic heterocycles. The molecular formula is C26H47N3S. The molecule has 3 N–H and O–H groups in total. The molecule has 30 heavy (non-hydrogen) atoms. The molecule has 1 aromatic carbocycles. The summed E-state index contributed by atoms with van der Waals surface area (Å²) in [4.78, 5) is 0. The number of unbranched alkanes of at least 4 members (excludes halogenated alkanes) is 1. The van der Waals surface area contributed by atoms with E-state index in [1.807, 2.05) is 17.8 Å². The first-order valence-corrected chi connectivity index (χ1v) is 12.2. The van der Waals surface area contributed by atoms with E-state index in [9.17, 15) is 0 Å². The van der Waals surface area contributed by atoms with E-state index in [1.165, 1.54) is 61.0 Å². The Morgan fingerprint density at radius 2 is 1.83 bits per heavy atom. The average molecular weight is 434 g/mol. The van der Waals surface area contributed by atoms with Gasteiger partial charge in [-0.1, -0.05) is 58.9 Å². The topological polar surface area (TPSA) is 50.4 Å². The van der Waals surface area contributed by atoms with Crippen molar-refractivity contribution in [2.45, 2.75) is 73.1 Å². The fourth-order valence-electron chi connectivity index (χ4n) is 3.42. The summed E-state index contributed by atoms with van der Waals surface area (Å²) >= 11 is 1.96. The van der Waals surface area contributed by atoms with Gasteiger partial charge >= 0.3 is 0 Å². The minimum atomic E-state index is 0.843. The van der Waals surface area contributed by atoms with Crippen LogP contribution in [0.2, 0.25) is 0 Å². The Kier molecular flexibility index (Phi) is 20.9. The number of hydrogen-bond acceptors (Lipinski definition) is 4. The first-order chi connectivity index (χ1) is 14.4. The van der Waals surface area contributed by atoms with Crippen LogP contribution in [0.3, 0.4) is 0 Å². The minimum absolute atomic E-state index is 0.843. The number of thioether (sulfide) groups is 1. The maximum absolute atomic E-state index is 5.85. The van der Waals surface area contributed by atoms with Crippen molar-refractivity contribution < 1.29 is 0 Å². The Bertz CT molecular complexity index is 584. The van der Waals surface area contributed by atoms with Crippen molar-refractivity contribution in [2.24, 2.45) is 16.9 Å². The van der Waals surface area contributed by atoms with Gasteiger partial charge in [-0.05, 0) is 72.1 Å². The van der Waals surface area contributed by atoms with Crippen LogP contribution in [0.5, 0.6) is 0 Å². The summed E-state index contributed by atoms with van der Waals surface area (Å²) in [7, 11) is 1.70. The molecule has 1 rings (SSSR count). The molecule has 2 atom stereocenters. The highest BCUT2D eigenvalue weighted by Crippen LogP contribution is 2.28. The normalized spacial score (nSPS) is 12.5. The molecule has 0 amide bonds. The number of nitrogen functional groups attached to an aromatic ring is 1. The molecule has 4 heteroatoms. The SMILES string of the molecule is C=C.C=NNC.CCCCC(CCC)C(C)CCS/C=C(\C)c1ccc(N)cc1C. The summed E-state index contributed by atoms with van der Waals surface area (Å²) in [5.74, 6) is 2.98. The van der Waals surface area contributed by atoms with Crippen LogP contribution in [0, 0.1) is 18.8 Å². The second-order valence-corrected chi connectivity index (χ2v) is 8.56. The molecule has 172 valence electrons. The smallest absolute Gasteiger partial charge is 0.0317 e. The lowest BCUT2D eigenvalue weighted by molar-refractivity contribution is 0.299. The molecule has 0 spiro atoms. The van der Waals surface area contributed by atoms with E-state index in [2.05, 4.69) is 82.6 Å². The molecule has 0 aliphatic carbocycles. The number of anilines is 1. The third kappa shape index (κ3) is 14.3. The second kappa shape index (κ2) is 20.6. The summed E-state index contributed by atoms with van der Waals surface area (Å²) in [6.07, 6.45) is 8.16. The monoisotopic (exact) mass is 433 g/mol. The van der Waals surface area contributed by atoms with Crippen molar-refractivity contribution >= 4 is 29.7 Å². The van der Waals surface area contributed by atoms with E-state index in [0.29, 0.717) is 0 Å². The van der Waals surface area contributed by atoms with Crippen molar-refractivity contribution in [2.75, 3.05) is 18.5 Å². The largest absolute Gasteiger partial charge is 0.399 e. The highest BCUT2D eigenvalue weighted by atomic mass is 32.2. The molecule has 0 aliphatic rings. The molecule has 3 nitrogen and oxygen atoms in total. The number of nitrogens with two attached hydrogens (primary N) is 1. The number of nitrogens with zero attached hydrogens (tertiary/aromatic N) is 1. The molecule has 0 bridgehead atoms. The minimum Gasteiger partial charge on any atom is -0.399 e. The van der Waals surface area contributed by atoms with Crippen LogP contribution in [0.15, 0.2) is 41.9 Å². The highest BCUT2D eigenvalue weighted by molar-refractivity contribution is 8.02. The Labute approximate surface area is 191 Å². The average Bonchev–Trinajstić information content (AvgIpc) is 2.75. The van der Waals surface area contributed by atoms with Gasteiger partial charge in [0, 0.05) is 19.5 Å². The van der Waals surface area contributed by atoms with Crippen molar-refractivity contribution in [1.29, 1.82) is 0 Å². The van der Waals surface area contributed by atoms with Crippen molar-refractivity contribution in [3.8, 4) is 0 Å². The quantitative estimate of drug-likeness (QED) is 0.116. The van der Waals surface area contributed by atoms with Gasteiger partial charge in [-0.2, -0.15) is 5.10 Å². The van der Waals surface area contributed by atoms with Crippen LogP contribution in [0.25, 0.3) is 5.57 Å². The van der Waals surface area contributed by atoms with Gasteiger partial charge in [0.2, 0.25) is 0 Å². The van der Waals surface area contributed by atoms with E-state index in [4.69, 9.17) is 5.73 Å². The van der Waals surface area contributed by atoms with E-state index in [0.717, 1.165) is 17.5 Å². The van der Waals surface area contributed by atoms with Gasteiger partial charge in [0.1, 0.15) is 0 Å². The fraction of sp³-hybridized carbons (Fsp3) is 0.577. The first kappa shape index (κ1) is 30.5. The molecule has 0 heterocycles. The van der Waals surface area contributed by atoms with Crippen LogP contribution < -0.4 is 11.2 Å². The highest BCUT2D eigenvalue weighted by Gasteiger charge is 2.15. The molecular weight excluding hydrogens is 386 g/mol. The van der Waals surface area contributed by atoms with E-state index >= 15 is 0 Å². The lowest BCUT2D eigenvalue weighted by atomic mass is 9.84. The van der Waals surface area contributed by atoms with Crippen LogP contribution >= 0.6 is 11.8 Å². The van der Waals surface area contributed by atoms with Crippen LogP contribution in [0.1, 0.15) is 77.3 Å². The summed E-state index contributed by atoms with van der Waals surface area (Å²) in [6, 6.07) is 6.19. The van der Waals surface area contributed by atoms with E-state index in [1.54, 1.807) is 7.05 Å². The van der Waals surface area contributed by atoms with Crippen molar-refractivity contribution in [3.63, 3.8) is 0 Å². The van der Waals surface area contributed by atoms with Crippen LogP contribution in [0.4, 0.5) is 5.69 Å². The third-order valence-corrected chi connectivity index (χ3v) is 6.17. The van der Waals surface area contributed by atoms with Crippen molar-refractivity contribution in [3.05, 3.63) is 47.9 Å². The number of aryl methyl sites for hydroxylation is 1. The van der Waals surface area contributed by atoms with Gasteiger partial charge in [0.05, 0.1) is 0 Å². The van der Waals surface area contributed by atoms with Crippen molar-refractivity contribution in [1.82, 2.24) is 5.43 Å². The summed E-state index contributed by atoms with van der Waals surface area (Å²) < 4.78 is 0. The maximum Gasteiger partial charge on any atom is 0.0317 e. The number of rotatable bonds is 12. The first-order valence-electron chi connectivity index (χ1n) is 11.2. The van der Waals surface area contributed by atoms with Gasteiger partial charge in [-0.15, -0.1) is 24.9 Å². The van der Waals surface area contributed by atoms with Gasteiger partial charge in [-0.3, -0.25) is 0 Å². The zero-order valence-electron chi connectivity index (χ0n) is 20.5. The van der Waals surface area contributed by atoms with Gasteiger partial charge in [0.25, 0.3) is 0 Å². The van der Waals surface area contributed by atoms with Crippen LogP contribution in [-0.2, 0) is 0 Å². The summed E-state index contributed by atoms with van der Waals surface area (Å²) in [5, 5.41) is 5.56. The number of allylic oxidation sites excluding steroid dienone is 1. The lowest BCUT2D eigenvalue weighted by Crippen LogP contribution is -2.12. The Balaban J connectivity index is 0. The van der Waals surface area contributed by atoms with Gasteiger partial charge < -0.3 is 11.2 Å². The molecule has 1 aromatic rings. The third-order valence-electron chi connectivity index (χ3n) is 5.18. The molecule has 2 unspecified atom stereocenters. The molecule has 0 saturated heterocycles. The van der Waals surface area contributed by atoms with Gasteiger partial charge in [0.15, 0.2) is 0 Å². The lowest BCUT2D eigenvalue weighted by Gasteiger charge is -2.23. The van der Waals surface area contributed by atoms with Gasteiger partial charge in [-0.25, -0.2) is 0 Å². The number of hydrogen-bond donors (Lipinski definition) is 2. The Morgan fingerprint density at radius 3 is 2.33 bits per heavy atom. The molecule has 0 radical (unpaired) electrons. The molecule has 0 aliphatic heterocycles. The Morgan fingerprint density at radius 1 is 1.20 bits per heavy atom. The van der Waals surface area contributed by atoms with E-state index in [-0.39, 0.29) is 0 Å². The van der Waals surface area contributed by atoms with E-state index < -0.39 is 0 Å². The zero-order chi connectivity index (χ0) is 23.4. The standard InChI is InChI=1S/C22H37NS.C2H6N2.C2H4/c1-6-8-10-20(9-7-2)17(3)13-14-24-16-19(5)22-12-11-21(23)15-18(22)4;1-3-4-2;1-2/h11-12,15-17,20H,6-10,13-14,23H2,1-5H3;4H,1H2,2H3;1-2H2/b19-16+;;. The number of benzene rings is 1. The second-order valence-electron chi connectivity index (χ2n) is 7.58. The summed E-state index contributed by atoms with van der Waals surface area (Å²) in [6.45, 7) is 20.5. The molecule has 0 fully saturated rings. The predicted molar refractivity (Wildman–Crippen MR) is 143 cm³/mol. The fourth-order valence-corrected chi connectivity index (χ4v) is 4.42. The predicted octanol–water partition coefficient (Wildman–Crippen LogP) is 7.93. The maximum atomic E-state index is 5.85. The Hall–Kier alpha value is -1.68. The number of nitrogens with one attached hydrogen (secondary N) is 1.